The topological polar surface area (TPSA) is 58.6 Å². The van der Waals surface area contributed by atoms with Crippen LogP contribution in [0.3, 0.4) is 0 Å². The van der Waals surface area contributed by atoms with Gasteiger partial charge in [0.25, 0.3) is 5.91 Å². The third kappa shape index (κ3) is 6.13. The van der Waals surface area contributed by atoms with Crippen LogP contribution in [0.25, 0.3) is 0 Å². The van der Waals surface area contributed by atoms with Crippen molar-refractivity contribution in [2.24, 2.45) is 0 Å². The van der Waals surface area contributed by atoms with Crippen molar-refractivity contribution in [1.82, 2.24) is 10.2 Å². The summed E-state index contributed by atoms with van der Waals surface area (Å²) in [6, 6.07) is 16.7. The fourth-order valence-electron chi connectivity index (χ4n) is 2.92. The molecule has 1 N–H and O–H groups in total. The minimum atomic E-state index is -0.529. The monoisotopic (exact) mass is 368 g/mol. The number of hydrogen-bond acceptors (Lipinski definition) is 3. The van der Waals surface area contributed by atoms with E-state index in [-0.39, 0.29) is 18.4 Å². The van der Waals surface area contributed by atoms with Gasteiger partial charge >= 0.3 is 0 Å². The Morgan fingerprint density at radius 1 is 1.07 bits per heavy atom. The predicted molar refractivity (Wildman–Crippen MR) is 106 cm³/mol. The van der Waals surface area contributed by atoms with E-state index in [2.05, 4.69) is 5.32 Å². The molecule has 27 heavy (non-hydrogen) atoms. The molecule has 0 aliphatic heterocycles. The molecular formula is C22H28N2O3. The highest BCUT2D eigenvalue weighted by Crippen LogP contribution is 2.15. The molecule has 0 aliphatic rings. The summed E-state index contributed by atoms with van der Waals surface area (Å²) in [6.07, 6.45) is 0.537. The highest BCUT2D eigenvalue weighted by atomic mass is 16.5. The maximum atomic E-state index is 12.9. The fraction of sp³-hybridized carbons (Fsp3) is 0.364. The van der Waals surface area contributed by atoms with E-state index in [4.69, 9.17) is 4.74 Å². The van der Waals surface area contributed by atoms with Crippen LogP contribution in [-0.2, 0) is 16.1 Å². The molecule has 0 fully saturated rings. The van der Waals surface area contributed by atoms with Crippen molar-refractivity contribution in [3.8, 4) is 5.75 Å². The van der Waals surface area contributed by atoms with E-state index in [1.807, 2.05) is 75.4 Å². The van der Waals surface area contributed by atoms with E-state index in [0.717, 1.165) is 11.1 Å². The second-order valence-corrected chi connectivity index (χ2v) is 6.43. The molecular weight excluding hydrogens is 340 g/mol. The Hall–Kier alpha value is -2.82. The SMILES string of the molecule is CCNC(=O)C(CC)N(Cc1ccccc1)C(=O)COc1cccc(C)c1. The Labute approximate surface area is 161 Å². The summed E-state index contributed by atoms with van der Waals surface area (Å²) in [4.78, 5) is 27.0. The second-order valence-electron chi connectivity index (χ2n) is 6.43. The Morgan fingerprint density at radius 2 is 1.81 bits per heavy atom. The van der Waals surface area contributed by atoms with Gasteiger partial charge in [0.2, 0.25) is 5.91 Å². The van der Waals surface area contributed by atoms with Crippen molar-refractivity contribution in [3.63, 3.8) is 0 Å². The first-order chi connectivity index (χ1) is 13.0. The summed E-state index contributed by atoms with van der Waals surface area (Å²) in [6.45, 7) is 6.54. The summed E-state index contributed by atoms with van der Waals surface area (Å²) in [5, 5.41) is 2.83. The maximum Gasteiger partial charge on any atom is 0.261 e. The van der Waals surface area contributed by atoms with E-state index in [9.17, 15) is 9.59 Å². The first-order valence-corrected chi connectivity index (χ1v) is 9.35. The average Bonchev–Trinajstić information content (AvgIpc) is 2.67. The van der Waals surface area contributed by atoms with Gasteiger partial charge in [0.15, 0.2) is 6.61 Å². The average molecular weight is 368 g/mol. The number of carbonyl (C=O) groups is 2. The predicted octanol–water partition coefficient (Wildman–Crippen LogP) is 3.32. The van der Waals surface area contributed by atoms with E-state index >= 15 is 0 Å². The van der Waals surface area contributed by atoms with Crippen LogP contribution in [0.15, 0.2) is 54.6 Å². The van der Waals surface area contributed by atoms with E-state index in [1.54, 1.807) is 4.90 Å². The first-order valence-electron chi connectivity index (χ1n) is 9.35. The molecule has 0 bridgehead atoms. The first kappa shape index (κ1) is 20.5. The Bertz CT molecular complexity index is 746. The van der Waals surface area contributed by atoms with E-state index < -0.39 is 6.04 Å². The van der Waals surface area contributed by atoms with Crippen LogP contribution in [0, 0.1) is 6.92 Å². The maximum absolute atomic E-state index is 12.9. The molecule has 2 aromatic rings. The molecule has 0 saturated carbocycles. The van der Waals surface area contributed by atoms with Gasteiger partial charge in [0.05, 0.1) is 0 Å². The molecule has 5 nitrogen and oxygen atoms in total. The number of nitrogens with zero attached hydrogens (tertiary/aromatic N) is 1. The minimum absolute atomic E-state index is 0.105. The number of rotatable bonds is 9. The molecule has 5 heteroatoms. The van der Waals surface area contributed by atoms with Crippen LogP contribution < -0.4 is 10.1 Å². The minimum Gasteiger partial charge on any atom is -0.484 e. The van der Waals surface area contributed by atoms with Crippen LogP contribution in [0.1, 0.15) is 31.4 Å². The Kier molecular flexibility index (Phi) is 7.86. The standard InChI is InChI=1S/C22H28N2O3/c1-4-20(22(26)23-5-2)24(15-18-11-7-6-8-12-18)21(25)16-27-19-13-9-10-17(3)14-19/h6-14,20H,4-5,15-16H2,1-3H3,(H,23,26). The van der Waals surface area contributed by atoms with Crippen molar-refractivity contribution in [3.05, 3.63) is 65.7 Å². The lowest BCUT2D eigenvalue weighted by molar-refractivity contribution is -0.142. The lowest BCUT2D eigenvalue weighted by Gasteiger charge is -2.30. The molecule has 0 saturated heterocycles. The molecule has 1 unspecified atom stereocenters. The highest BCUT2D eigenvalue weighted by molar-refractivity contribution is 5.88. The Balaban J connectivity index is 2.16. The lowest BCUT2D eigenvalue weighted by atomic mass is 10.1. The number of hydrogen-bond donors (Lipinski definition) is 1. The van der Waals surface area contributed by atoms with Gasteiger partial charge in [-0.15, -0.1) is 0 Å². The summed E-state index contributed by atoms with van der Waals surface area (Å²) in [5.41, 5.74) is 2.04. The summed E-state index contributed by atoms with van der Waals surface area (Å²) in [7, 11) is 0. The van der Waals surface area contributed by atoms with Gasteiger partial charge in [-0.1, -0.05) is 49.4 Å². The zero-order chi connectivity index (χ0) is 19.6. The normalized spacial score (nSPS) is 11.5. The quantitative estimate of drug-likeness (QED) is 0.739. The van der Waals surface area contributed by atoms with Crippen molar-refractivity contribution >= 4 is 11.8 Å². The van der Waals surface area contributed by atoms with Gasteiger partial charge in [-0.3, -0.25) is 9.59 Å². The van der Waals surface area contributed by atoms with Crippen molar-refractivity contribution in [2.45, 2.75) is 39.8 Å². The second kappa shape index (κ2) is 10.4. The van der Waals surface area contributed by atoms with Gasteiger partial charge in [0, 0.05) is 13.1 Å². The van der Waals surface area contributed by atoms with Crippen molar-refractivity contribution < 1.29 is 14.3 Å². The summed E-state index contributed by atoms with van der Waals surface area (Å²) in [5.74, 6) is 0.298. The molecule has 0 aliphatic carbocycles. The number of ether oxygens (including phenoxy) is 1. The zero-order valence-corrected chi connectivity index (χ0v) is 16.3. The van der Waals surface area contributed by atoms with Crippen LogP contribution in [0.4, 0.5) is 0 Å². The van der Waals surface area contributed by atoms with Gasteiger partial charge < -0.3 is 15.0 Å². The molecule has 2 rings (SSSR count). The number of amides is 2. The van der Waals surface area contributed by atoms with Crippen LogP contribution in [-0.4, -0.2) is 35.9 Å². The largest absolute Gasteiger partial charge is 0.484 e. The number of likely N-dealkylation sites (N-methyl/N-ethyl adjacent to an activating group) is 1. The number of aryl methyl sites for hydroxylation is 1. The molecule has 0 spiro atoms. The van der Waals surface area contributed by atoms with Gasteiger partial charge in [-0.25, -0.2) is 0 Å². The third-order valence-electron chi connectivity index (χ3n) is 4.28. The molecule has 0 heterocycles. The van der Waals surface area contributed by atoms with E-state index in [0.29, 0.717) is 25.3 Å². The van der Waals surface area contributed by atoms with E-state index in [1.165, 1.54) is 0 Å². The lowest BCUT2D eigenvalue weighted by Crippen LogP contribution is -2.50. The highest BCUT2D eigenvalue weighted by Gasteiger charge is 2.28. The van der Waals surface area contributed by atoms with Gasteiger partial charge in [0.1, 0.15) is 11.8 Å². The Morgan fingerprint density at radius 3 is 2.44 bits per heavy atom. The number of benzene rings is 2. The van der Waals surface area contributed by atoms with Crippen LogP contribution in [0.2, 0.25) is 0 Å². The molecule has 0 radical (unpaired) electrons. The van der Waals surface area contributed by atoms with Gasteiger partial charge in [-0.2, -0.15) is 0 Å². The molecule has 144 valence electrons. The number of nitrogens with one attached hydrogen (secondary N) is 1. The summed E-state index contributed by atoms with van der Waals surface area (Å²) < 4.78 is 5.68. The molecule has 1 atom stereocenters. The number of carbonyl (C=O) groups excluding carboxylic acids is 2. The molecule has 2 aromatic carbocycles. The smallest absolute Gasteiger partial charge is 0.261 e. The van der Waals surface area contributed by atoms with Gasteiger partial charge in [-0.05, 0) is 43.5 Å². The molecule has 2 amide bonds. The van der Waals surface area contributed by atoms with Crippen LogP contribution in [0.5, 0.6) is 5.75 Å². The van der Waals surface area contributed by atoms with Crippen molar-refractivity contribution in [1.29, 1.82) is 0 Å². The summed E-state index contributed by atoms with van der Waals surface area (Å²) >= 11 is 0. The third-order valence-corrected chi connectivity index (χ3v) is 4.28. The molecule has 0 aromatic heterocycles. The van der Waals surface area contributed by atoms with Crippen LogP contribution >= 0.6 is 0 Å². The fourth-order valence-corrected chi connectivity index (χ4v) is 2.92. The van der Waals surface area contributed by atoms with Crippen molar-refractivity contribution in [2.75, 3.05) is 13.2 Å². The zero-order valence-electron chi connectivity index (χ0n) is 16.3.